The van der Waals surface area contributed by atoms with E-state index in [0.29, 0.717) is 12.1 Å². The summed E-state index contributed by atoms with van der Waals surface area (Å²) in [6, 6.07) is 7.24. The third kappa shape index (κ3) is 2.47. The molecule has 0 amide bonds. The van der Waals surface area contributed by atoms with E-state index >= 15 is 0 Å². The maximum absolute atomic E-state index is 11.5. The summed E-state index contributed by atoms with van der Waals surface area (Å²) in [5, 5.41) is 9.25. The van der Waals surface area contributed by atoms with Crippen molar-refractivity contribution < 1.29 is 14.6 Å². The number of hydrogen-bond acceptors (Lipinski definition) is 5. The first-order chi connectivity index (χ1) is 8.58. The van der Waals surface area contributed by atoms with Gasteiger partial charge in [-0.3, -0.25) is 0 Å². The first-order valence-electron chi connectivity index (χ1n) is 5.91. The van der Waals surface area contributed by atoms with E-state index in [1.54, 1.807) is 12.1 Å². The highest BCUT2D eigenvalue weighted by molar-refractivity contribution is 5.90. The maximum Gasteiger partial charge on any atom is 0.337 e. The van der Waals surface area contributed by atoms with Gasteiger partial charge in [-0.1, -0.05) is 6.07 Å². The molecular weight excluding hydrogens is 232 g/mol. The average Bonchev–Trinajstić information content (AvgIpc) is 2.81. The molecule has 0 radical (unpaired) electrons. The van der Waals surface area contributed by atoms with Crippen LogP contribution in [-0.4, -0.2) is 43.4 Å². The van der Waals surface area contributed by atoms with E-state index in [-0.39, 0.29) is 12.6 Å². The molecule has 1 aliphatic heterocycles. The van der Waals surface area contributed by atoms with Gasteiger partial charge in [0.2, 0.25) is 0 Å². The molecule has 0 saturated carbocycles. The molecule has 5 nitrogen and oxygen atoms in total. The van der Waals surface area contributed by atoms with E-state index in [2.05, 4.69) is 4.90 Å². The zero-order chi connectivity index (χ0) is 13.2. The molecule has 1 fully saturated rings. The van der Waals surface area contributed by atoms with E-state index in [9.17, 15) is 9.90 Å². The summed E-state index contributed by atoms with van der Waals surface area (Å²) in [5.41, 5.74) is 6.94. The number of nitrogens with two attached hydrogens (primary N) is 1. The summed E-state index contributed by atoms with van der Waals surface area (Å²) in [6.07, 6.45) is 0.742. The van der Waals surface area contributed by atoms with E-state index in [1.807, 2.05) is 12.1 Å². The monoisotopic (exact) mass is 250 g/mol. The number of esters is 1. The fraction of sp³-hybridized carbons (Fsp3) is 0.462. The first-order valence-corrected chi connectivity index (χ1v) is 5.91. The van der Waals surface area contributed by atoms with Crippen LogP contribution < -0.4 is 10.6 Å². The molecule has 0 aliphatic carbocycles. The number of aliphatic hydroxyl groups excluding tert-OH is 1. The van der Waals surface area contributed by atoms with Crippen LogP contribution in [-0.2, 0) is 4.74 Å². The molecule has 1 aliphatic rings. The molecule has 2 rings (SSSR count). The minimum absolute atomic E-state index is 0.0276. The van der Waals surface area contributed by atoms with Crippen LogP contribution in [0.5, 0.6) is 0 Å². The number of rotatable bonds is 3. The normalized spacial score (nSPS) is 23.2. The molecular formula is C13H18N2O3. The Kier molecular flexibility index (Phi) is 3.54. The van der Waals surface area contributed by atoms with Crippen molar-refractivity contribution in [3.8, 4) is 0 Å². The van der Waals surface area contributed by atoms with Crippen molar-refractivity contribution >= 4 is 11.7 Å². The third-order valence-electron chi connectivity index (χ3n) is 3.33. The second-order valence-electron chi connectivity index (χ2n) is 4.73. The quantitative estimate of drug-likeness (QED) is 0.758. The number of aliphatic hydroxyl groups is 1. The molecule has 1 unspecified atom stereocenters. The van der Waals surface area contributed by atoms with E-state index in [4.69, 9.17) is 10.5 Å². The summed E-state index contributed by atoms with van der Waals surface area (Å²) < 4.78 is 4.69. The molecule has 1 atom stereocenters. The smallest absolute Gasteiger partial charge is 0.337 e. The fourth-order valence-electron chi connectivity index (χ4n) is 2.19. The van der Waals surface area contributed by atoms with Crippen molar-refractivity contribution in [2.75, 3.05) is 31.7 Å². The van der Waals surface area contributed by atoms with Crippen LogP contribution in [0.4, 0.5) is 5.69 Å². The van der Waals surface area contributed by atoms with Gasteiger partial charge in [-0.2, -0.15) is 0 Å². The number of nitrogens with zero attached hydrogens (tertiary/aromatic N) is 1. The van der Waals surface area contributed by atoms with Crippen LogP contribution in [0, 0.1) is 0 Å². The van der Waals surface area contributed by atoms with Crippen LogP contribution in [0.15, 0.2) is 24.3 Å². The lowest BCUT2D eigenvalue weighted by Crippen LogP contribution is -2.46. The van der Waals surface area contributed by atoms with Crippen molar-refractivity contribution in [3.05, 3.63) is 29.8 Å². The number of hydrogen-bond donors (Lipinski definition) is 2. The van der Waals surface area contributed by atoms with Crippen LogP contribution in [0.25, 0.3) is 0 Å². The fourth-order valence-corrected chi connectivity index (χ4v) is 2.19. The van der Waals surface area contributed by atoms with E-state index in [1.165, 1.54) is 7.11 Å². The lowest BCUT2D eigenvalue weighted by Gasteiger charge is -2.23. The van der Waals surface area contributed by atoms with Gasteiger partial charge in [0.25, 0.3) is 0 Å². The Labute approximate surface area is 106 Å². The molecule has 5 heteroatoms. The molecule has 1 saturated heterocycles. The Hall–Kier alpha value is -1.59. The Morgan fingerprint density at radius 3 is 3.00 bits per heavy atom. The van der Waals surface area contributed by atoms with Gasteiger partial charge in [-0.25, -0.2) is 4.79 Å². The van der Waals surface area contributed by atoms with Crippen molar-refractivity contribution in [2.45, 2.75) is 12.0 Å². The zero-order valence-electron chi connectivity index (χ0n) is 10.4. The van der Waals surface area contributed by atoms with Gasteiger partial charge in [-0.05, 0) is 24.6 Å². The number of carbonyl (C=O) groups is 1. The number of anilines is 1. The highest BCUT2D eigenvalue weighted by atomic mass is 16.5. The van der Waals surface area contributed by atoms with Crippen LogP contribution in [0.1, 0.15) is 16.8 Å². The molecule has 0 aromatic heterocycles. The second-order valence-corrected chi connectivity index (χ2v) is 4.73. The van der Waals surface area contributed by atoms with Gasteiger partial charge >= 0.3 is 5.97 Å². The van der Waals surface area contributed by atoms with Gasteiger partial charge in [0, 0.05) is 18.8 Å². The molecule has 98 valence electrons. The Morgan fingerprint density at radius 1 is 1.61 bits per heavy atom. The van der Waals surface area contributed by atoms with Crippen LogP contribution in [0.2, 0.25) is 0 Å². The molecule has 3 N–H and O–H groups in total. The van der Waals surface area contributed by atoms with Gasteiger partial charge in [0.15, 0.2) is 0 Å². The summed E-state index contributed by atoms with van der Waals surface area (Å²) in [4.78, 5) is 13.5. The number of carbonyl (C=O) groups excluding carboxylic acids is 1. The molecule has 1 aromatic carbocycles. The lowest BCUT2D eigenvalue weighted by atomic mass is 10.0. The van der Waals surface area contributed by atoms with Crippen molar-refractivity contribution in [1.29, 1.82) is 0 Å². The number of ether oxygens (including phenoxy) is 1. The number of benzene rings is 1. The van der Waals surface area contributed by atoms with Gasteiger partial charge in [-0.15, -0.1) is 0 Å². The molecule has 0 spiro atoms. The maximum atomic E-state index is 11.5. The summed E-state index contributed by atoms with van der Waals surface area (Å²) >= 11 is 0. The minimum atomic E-state index is -0.540. The largest absolute Gasteiger partial charge is 0.465 e. The first kappa shape index (κ1) is 12.9. The summed E-state index contributed by atoms with van der Waals surface area (Å²) in [5.74, 6) is -0.350. The van der Waals surface area contributed by atoms with Crippen LogP contribution >= 0.6 is 0 Å². The van der Waals surface area contributed by atoms with Gasteiger partial charge in [0.1, 0.15) is 0 Å². The predicted octanol–water partition coefficient (Wildman–Crippen LogP) is 0.373. The number of methoxy groups -OCH3 is 1. The zero-order valence-corrected chi connectivity index (χ0v) is 10.4. The highest BCUT2D eigenvalue weighted by Gasteiger charge is 2.33. The Morgan fingerprint density at radius 2 is 2.39 bits per heavy atom. The molecule has 1 aromatic rings. The van der Waals surface area contributed by atoms with Gasteiger partial charge < -0.3 is 20.5 Å². The summed E-state index contributed by atoms with van der Waals surface area (Å²) in [7, 11) is 1.36. The summed E-state index contributed by atoms with van der Waals surface area (Å²) in [6.45, 7) is 1.34. The minimum Gasteiger partial charge on any atom is -0.465 e. The lowest BCUT2D eigenvalue weighted by molar-refractivity contribution is 0.0601. The predicted molar refractivity (Wildman–Crippen MR) is 68.6 cm³/mol. The Bertz CT molecular complexity index is 450. The topological polar surface area (TPSA) is 75.8 Å². The van der Waals surface area contributed by atoms with Crippen molar-refractivity contribution in [2.24, 2.45) is 5.73 Å². The van der Waals surface area contributed by atoms with Gasteiger partial charge in [0.05, 0.1) is 24.8 Å². The van der Waals surface area contributed by atoms with E-state index < -0.39 is 5.54 Å². The van der Waals surface area contributed by atoms with Crippen LogP contribution in [0.3, 0.4) is 0 Å². The second kappa shape index (κ2) is 4.96. The molecule has 0 bridgehead atoms. The standard InChI is InChI=1S/C13H18N2O3/c1-18-12(17)10-3-2-4-11(7-10)15-6-5-13(14,8-15)9-16/h2-4,7,16H,5-6,8-9,14H2,1H3. The van der Waals surface area contributed by atoms with Crippen molar-refractivity contribution in [3.63, 3.8) is 0 Å². The molecule has 18 heavy (non-hydrogen) atoms. The highest BCUT2D eigenvalue weighted by Crippen LogP contribution is 2.25. The third-order valence-corrected chi connectivity index (χ3v) is 3.33. The SMILES string of the molecule is COC(=O)c1cccc(N2CCC(N)(CO)C2)c1. The Balaban J connectivity index is 2.18. The van der Waals surface area contributed by atoms with E-state index in [0.717, 1.165) is 18.7 Å². The average molecular weight is 250 g/mol. The van der Waals surface area contributed by atoms with Crippen molar-refractivity contribution in [1.82, 2.24) is 0 Å². The molecule has 1 heterocycles.